The highest BCUT2D eigenvalue weighted by Crippen LogP contribution is 2.33. The predicted octanol–water partition coefficient (Wildman–Crippen LogP) is 4.62. The van der Waals surface area contributed by atoms with Crippen molar-refractivity contribution in [2.45, 2.75) is 26.9 Å². The lowest BCUT2D eigenvalue weighted by Gasteiger charge is -2.11. The maximum atomic E-state index is 12.2. The third kappa shape index (κ3) is 3.66. The molecule has 26 heavy (non-hydrogen) atoms. The molecule has 0 spiro atoms. The van der Waals surface area contributed by atoms with Crippen molar-refractivity contribution in [2.24, 2.45) is 10.2 Å². The summed E-state index contributed by atoms with van der Waals surface area (Å²) in [6, 6.07) is 10.00. The van der Waals surface area contributed by atoms with Crippen molar-refractivity contribution in [1.29, 1.82) is 0 Å². The second-order valence-electron chi connectivity index (χ2n) is 5.96. The number of benzene rings is 1. The van der Waals surface area contributed by atoms with E-state index in [1.807, 2.05) is 6.07 Å². The number of aromatic hydroxyl groups is 1. The lowest BCUT2D eigenvalue weighted by molar-refractivity contribution is 0.0376. The number of hydrogen-bond acceptors (Lipinski definition) is 7. The Bertz CT molecular complexity index is 985. The molecule has 0 saturated heterocycles. The Morgan fingerprint density at radius 2 is 2.00 bits per heavy atom. The van der Waals surface area contributed by atoms with E-state index in [4.69, 9.17) is 4.74 Å². The average molecular weight is 350 g/mol. The minimum atomic E-state index is -0.480. The van der Waals surface area contributed by atoms with E-state index in [2.05, 4.69) is 20.2 Å². The smallest absolute Gasteiger partial charge is 0.340 e. The zero-order valence-electron chi connectivity index (χ0n) is 14.7. The molecule has 7 nitrogen and oxygen atoms in total. The van der Waals surface area contributed by atoms with Gasteiger partial charge in [0.15, 0.2) is 5.82 Å². The normalized spacial score (nSPS) is 11.4. The first-order valence-electron chi connectivity index (χ1n) is 8.13. The van der Waals surface area contributed by atoms with Crippen molar-refractivity contribution in [2.75, 3.05) is 0 Å². The molecule has 132 valence electrons. The van der Waals surface area contributed by atoms with Crippen LogP contribution in [0.2, 0.25) is 0 Å². The number of azo groups is 1. The van der Waals surface area contributed by atoms with Crippen molar-refractivity contribution >= 4 is 28.4 Å². The molecule has 1 aromatic carbocycles. The fourth-order valence-electron chi connectivity index (χ4n) is 2.41. The number of carbonyl (C=O) groups is 1. The molecule has 2 aromatic heterocycles. The van der Waals surface area contributed by atoms with Gasteiger partial charge in [-0.25, -0.2) is 14.8 Å². The first-order valence-corrected chi connectivity index (χ1v) is 8.13. The number of esters is 1. The monoisotopic (exact) mass is 350 g/mol. The molecule has 0 aliphatic carbocycles. The molecule has 0 aliphatic rings. The van der Waals surface area contributed by atoms with Gasteiger partial charge in [-0.2, -0.15) is 0 Å². The Morgan fingerprint density at radius 3 is 2.69 bits per heavy atom. The van der Waals surface area contributed by atoms with E-state index in [9.17, 15) is 9.90 Å². The number of phenolic OH excluding ortho intramolecular Hbond substituents is 1. The molecule has 2 heterocycles. The summed E-state index contributed by atoms with van der Waals surface area (Å²) in [5.41, 5.74) is 1.71. The molecule has 0 fully saturated rings. The van der Waals surface area contributed by atoms with E-state index >= 15 is 0 Å². The van der Waals surface area contributed by atoms with Crippen LogP contribution in [0.5, 0.6) is 5.75 Å². The van der Waals surface area contributed by atoms with Crippen molar-refractivity contribution in [3.63, 3.8) is 0 Å². The lowest BCUT2D eigenvalue weighted by Crippen LogP contribution is -2.13. The third-order valence-electron chi connectivity index (χ3n) is 3.60. The number of hydrogen-bond donors (Lipinski definition) is 1. The van der Waals surface area contributed by atoms with Crippen LogP contribution >= 0.6 is 0 Å². The SMILES string of the molecule is Cc1nc2c(N=Nc3ccccn3)ccc(O)c2cc1C(=O)OC(C)C. The van der Waals surface area contributed by atoms with E-state index < -0.39 is 5.97 Å². The minimum Gasteiger partial charge on any atom is -0.507 e. The van der Waals surface area contributed by atoms with Gasteiger partial charge in [0.2, 0.25) is 0 Å². The van der Waals surface area contributed by atoms with E-state index in [1.165, 1.54) is 6.07 Å². The molecule has 1 N–H and O–H groups in total. The molecule has 0 amide bonds. The Morgan fingerprint density at radius 1 is 1.19 bits per heavy atom. The molecule has 0 saturated carbocycles. The first-order chi connectivity index (χ1) is 12.5. The summed E-state index contributed by atoms with van der Waals surface area (Å²) < 4.78 is 5.23. The Hall–Kier alpha value is -3.35. The van der Waals surface area contributed by atoms with Gasteiger partial charge in [-0.1, -0.05) is 6.07 Å². The lowest BCUT2D eigenvalue weighted by atomic mass is 10.1. The number of nitrogens with zero attached hydrogens (tertiary/aromatic N) is 4. The van der Waals surface area contributed by atoms with E-state index in [0.717, 1.165) is 0 Å². The van der Waals surface area contributed by atoms with Gasteiger partial charge in [0, 0.05) is 11.6 Å². The number of aryl methyl sites for hydroxylation is 1. The second-order valence-corrected chi connectivity index (χ2v) is 5.96. The zero-order valence-corrected chi connectivity index (χ0v) is 14.7. The largest absolute Gasteiger partial charge is 0.507 e. The number of pyridine rings is 2. The number of rotatable bonds is 4. The summed E-state index contributed by atoms with van der Waals surface area (Å²) >= 11 is 0. The van der Waals surface area contributed by atoms with Gasteiger partial charge in [-0.05, 0) is 51.1 Å². The quantitative estimate of drug-likeness (QED) is 0.547. The van der Waals surface area contributed by atoms with Gasteiger partial charge in [-0.3, -0.25) is 0 Å². The minimum absolute atomic E-state index is 0.00267. The number of fused-ring (bicyclic) bond motifs is 1. The molecule has 0 unspecified atom stereocenters. The molecular weight excluding hydrogens is 332 g/mol. The summed E-state index contributed by atoms with van der Waals surface area (Å²) in [5.74, 6) is -0.0164. The summed E-state index contributed by atoms with van der Waals surface area (Å²) in [6.07, 6.45) is 1.38. The van der Waals surface area contributed by atoms with Gasteiger partial charge in [0.05, 0.1) is 17.4 Å². The highest BCUT2D eigenvalue weighted by Gasteiger charge is 2.17. The molecule has 0 aliphatic heterocycles. The van der Waals surface area contributed by atoms with Crippen LogP contribution in [-0.4, -0.2) is 27.1 Å². The average Bonchev–Trinajstić information content (AvgIpc) is 2.61. The highest BCUT2D eigenvalue weighted by atomic mass is 16.5. The Kier molecular flexibility index (Phi) is 4.88. The van der Waals surface area contributed by atoms with Gasteiger partial charge >= 0.3 is 5.97 Å². The van der Waals surface area contributed by atoms with E-state index in [1.54, 1.807) is 51.2 Å². The summed E-state index contributed by atoms with van der Waals surface area (Å²) in [5, 5.41) is 18.9. The Balaban J connectivity index is 2.07. The van der Waals surface area contributed by atoms with E-state index in [-0.39, 0.29) is 11.9 Å². The fraction of sp³-hybridized carbons (Fsp3) is 0.211. The topological polar surface area (TPSA) is 97.0 Å². The van der Waals surface area contributed by atoms with Gasteiger partial charge < -0.3 is 9.84 Å². The number of aromatic nitrogens is 2. The van der Waals surface area contributed by atoms with Crippen LogP contribution in [0.15, 0.2) is 52.8 Å². The maximum absolute atomic E-state index is 12.2. The molecule has 7 heteroatoms. The zero-order chi connectivity index (χ0) is 18.7. The molecular formula is C19H18N4O3. The first kappa shape index (κ1) is 17.5. The van der Waals surface area contributed by atoms with Crippen LogP contribution in [-0.2, 0) is 4.74 Å². The van der Waals surface area contributed by atoms with Crippen LogP contribution in [0.4, 0.5) is 11.5 Å². The van der Waals surface area contributed by atoms with Crippen LogP contribution in [0.3, 0.4) is 0 Å². The fourth-order valence-corrected chi connectivity index (χ4v) is 2.41. The van der Waals surface area contributed by atoms with Crippen LogP contribution in [0, 0.1) is 6.92 Å². The van der Waals surface area contributed by atoms with Gasteiger partial charge in [0.1, 0.15) is 17.0 Å². The van der Waals surface area contributed by atoms with E-state index in [0.29, 0.717) is 33.7 Å². The third-order valence-corrected chi connectivity index (χ3v) is 3.60. The molecule has 3 aromatic rings. The van der Waals surface area contributed by atoms with Crippen molar-refractivity contribution < 1.29 is 14.6 Å². The maximum Gasteiger partial charge on any atom is 0.340 e. The predicted molar refractivity (Wildman–Crippen MR) is 97.1 cm³/mol. The summed E-state index contributed by atoms with van der Waals surface area (Å²) in [6.45, 7) is 5.25. The second kappa shape index (κ2) is 7.26. The van der Waals surface area contributed by atoms with Crippen molar-refractivity contribution in [3.05, 3.63) is 53.9 Å². The standard InChI is InChI=1S/C19H18N4O3/c1-11(2)26-19(25)13-10-14-16(24)8-7-15(18(14)21-12(13)3)22-23-17-6-4-5-9-20-17/h4-11,24H,1-3H3. The number of phenols is 1. The molecule has 0 bridgehead atoms. The Labute approximate surface area is 150 Å². The summed E-state index contributed by atoms with van der Waals surface area (Å²) in [4.78, 5) is 20.8. The van der Waals surface area contributed by atoms with Crippen LogP contribution in [0.25, 0.3) is 10.9 Å². The van der Waals surface area contributed by atoms with Crippen molar-refractivity contribution in [1.82, 2.24) is 9.97 Å². The van der Waals surface area contributed by atoms with Crippen LogP contribution < -0.4 is 0 Å². The van der Waals surface area contributed by atoms with Crippen LogP contribution in [0.1, 0.15) is 29.9 Å². The summed E-state index contributed by atoms with van der Waals surface area (Å²) in [7, 11) is 0. The number of ether oxygens (including phenoxy) is 1. The van der Waals surface area contributed by atoms with Gasteiger partial charge in [-0.15, -0.1) is 10.2 Å². The highest BCUT2D eigenvalue weighted by molar-refractivity contribution is 6.00. The molecule has 0 atom stereocenters. The molecule has 3 rings (SSSR count). The van der Waals surface area contributed by atoms with Crippen molar-refractivity contribution in [3.8, 4) is 5.75 Å². The number of carbonyl (C=O) groups excluding carboxylic acids is 1. The molecule has 0 radical (unpaired) electrons. The van der Waals surface area contributed by atoms with Gasteiger partial charge in [0.25, 0.3) is 0 Å².